The van der Waals surface area contributed by atoms with Gasteiger partial charge in [-0.1, -0.05) is 37.3 Å². The average molecular weight is 405 g/mol. The number of benzene rings is 2. The molecule has 6 nitrogen and oxygen atoms in total. The number of methoxy groups -OCH3 is 1. The zero-order valence-electron chi connectivity index (χ0n) is 16.9. The molecule has 0 spiro atoms. The summed E-state index contributed by atoms with van der Waals surface area (Å²) in [7, 11) is 1.58. The van der Waals surface area contributed by atoms with E-state index in [1.54, 1.807) is 7.11 Å². The van der Waals surface area contributed by atoms with Crippen molar-refractivity contribution in [1.29, 1.82) is 0 Å². The van der Waals surface area contributed by atoms with Gasteiger partial charge in [-0.25, -0.2) is 4.79 Å². The number of carbonyl (C=O) groups is 1. The Labute approximate surface area is 174 Å². The number of carboxylic acids is 1. The highest BCUT2D eigenvalue weighted by molar-refractivity contribution is 5.87. The van der Waals surface area contributed by atoms with E-state index < -0.39 is 11.4 Å². The van der Waals surface area contributed by atoms with Crippen LogP contribution in [0.5, 0.6) is 11.5 Å². The Balaban J connectivity index is 1.78. The number of carboxylic acid groups (broad SMARTS) is 1. The number of ether oxygens (including phenoxy) is 2. The zero-order valence-corrected chi connectivity index (χ0v) is 16.9. The predicted molar refractivity (Wildman–Crippen MR) is 113 cm³/mol. The van der Waals surface area contributed by atoms with Crippen LogP contribution in [-0.2, 0) is 13.0 Å². The lowest BCUT2D eigenvalue weighted by molar-refractivity contribution is 0.0694. The summed E-state index contributed by atoms with van der Waals surface area (Å²) in [5, 5.41) is 9.34. The maximum atomic E-state index is 12.4. The quantitative estimate of drug-likeness (QED) is 0.661. The maximum absolute atomic E-state index is 12.4. The van der Waals surface area contributed by atoms with Crippen LogP contribution in [0.3, 0.4) is 0 Å². The van der Waals surface area contributed by atoms with Crippen LogP contribution in [0.25, 0.3) is 11.3 Å². The molecule has 6 heteroatoms. The first-order valence-electron chi connectivity index (χ1n) is 9.89. The molecule has 1 N–H and O–H groups in total. The molecule has 0 saturated heterocycles. The molecule has 0 bridgehead atoms. The third kappa shape index (κ3) is 3.56. The first-order chi connectivity index (χ1) is 14.5. The van der Waals surface area contributed by atoms with Gasteiger partial charge in [0.05, 0.1) is 12.8 Å². The van der Waals surface area contributed by atoms with Gasteiger partial charge in [0.25, 0.3) is 0 Å². The number of aromatic carboxylic acids is 1. The van der Waals surface area contributed by atoms with Crippen LogP contribution < -0.4 is 14.9 Å². The SMILES string of the molecule is CC[C@@H]1Cc2cc(OCc3ccccc3)c(OC)cc2-c2cc(=O)c(C(=O)O)cn21. The molecule has 30 heavy (non-hydrogen) atoms. The highest BCUT2D eigenvalue weighted by atomic mass is 16.5. The molecule has 0 unspecified atom stereocenters. The third-order valence-corrected chi connectivity index (χ3v) is 5.53. The molecule has 2 aromatic carbocycles. The van der Waals surface area contributed by atoms with Gasteiger partial charge < -0.3 is 19.1 Å². The summed E-state index contributed by atoms with van der Waals surface area (Å²) < 4.78 is 13.5. The van der Waals surface area contributed by atoms with E-state index in [1.807, 2.05) is 54.0 Å². The second-order valence-electron chi connectivity index (χ2n) is 7.35. The second-order valence-corrected chi connectivity index (χ2v) is 7.35. The summed E-state index contributed by atoms with van der Waals surface area (Å²) in [6, 6.07) is 15.2. The maximum Gasteiger partial charge on any atom is 0.341 e. The fourth-order valence-electron chi connectivity index (χ4n) is 3.94. The number of pyridine rings is 1. The van der Waals surface area contributed by atoms with Gasteiger partial charge in [0.2, 0.25) is 0 Å². The molecular formula is C24H23NO5. The van der Waals surface area contributed by atoms with Crippen LogP contribution in [-0.4, -0.2) is 22.8 Å². The van der Waals surface area contributed by atoms with Crippen LogP contribution in [0.1, 0.15) is 40.9 Å². The summed E-state index contributed by atoms with van der Waals surface area (Å²) in [4.78, 5) is 23.8. The van der Waals surface area contributed by atoms with Gasteiger partial charge in [-0.15, -0.1) is 0 Å². The van der Waals surface area contributed by atoms with Crippen molar-refractivity contribution in [3.63, 3.8) is 0 Å². The lowest BCUT2D eigenvalue weighted by Gasteiger charge is -2.31. The molecule has 4 rings (SSSR count). The number of aromatic nitrogens is 1. The first-order valence-corrected chi connectivity index (χ1v) is 9.89. The molecular weight excluding hydrogens is 382 g/mol. The van der Waals surface area contributed by atoms with E-state index in [0.717, 1.165) is 23.1 Å². The Hall–Kier alpha value is -3.54. The molecule has 0 radical (unpaired) electrons. The summed E-state index contributed by atoms with van der Waals surface area (Å²) in [6.07, 6.45) is 2.98. The van der Waals surface area contributed by atoms with Crippen molar-refractivity contribution >= 4 is 5.97 Å². The van der Waals surface area contributed by atoms with E-state index in [-0.39, 0.29) is 11.6 Å². The highest BCUT2D eigenvalue weighted by Gasteiger charge is 2.27. The van der Waals surface area contributed by atoms with Crippen molar-refractivity contribution in [1.82, 2.24) is 4.57 Å². The van der Waals surface area contributed by atoms with E-state index in [1.165, 1.54) is 12.3 Å². The predicted octanol–water partition coefficient (Wildman–Crippen LogP) is 4.31. The van der Waals surface area contributed by atoms with Crippen molar-refractivity contribution in [2.24, 2.45) is 0 Å². The fraction of sp³-hybridized carbons (Fsp3) is 0.250. The normalized spacial score (nSPS) is 14.5. The smallest absolute Gasteiger partial charge is 0.341 e. The number of rotatable bonds is 6. The van der Waals surface area contributed by atoms with Crippen LogP contribution in [0.15, 0.2) is 59.5 Å². The standard InChI is InChI=1S/C24H23NO5/c1-3-17-9-16-10-23(30-14-15-7-5-4-6-8-15)22(29-2)11-18(16)20-12-21(26)19(24(27)28)13-25(17)20/h4-8,10-13,17H,3,9,14H2,1-2H3,(H,27,28)/t17-/m1/s1. The Morgan fingerprint density at radius 3 is 2.60 bits per heavy atom. The van der Waals surface area contributed by atoms with Gasteiger partial charge in [-0.2, -0.15) is 0 Å². The Morgan fingerprint density at radius 2 is 1.93 bits per heavy atom. The molecule has 154 valence electrons. The Kier molecular flexibility index (Phi) is 5.31. The molecule has 3 aromatic rings. The van der Waals surface area contributed by atoms with Crippen LogP contribution in [0, 0.1) is 0 Å². The van der Waals surface area contributed by atoms with Crippen molar-refractivity contribution in [2.45, 2.75) is 32.4 Å². The highest BCUT2D eigenvalue weighted by Crippen LogP contribution is 2.41. The van der Waals surface area contributed by atoms with Gasteiger partial charge in [0.15, 0.2) is 16.9 Å². The van der Waals surface area contributed by atoms with Crippen LogP contribution in [0.4, 0.5) is 0 Å². The van der Waals surface area contributed by atoms with Crippen LogP contribution >= 0.6 is 0 Å². The number of fused-ring (bicyclic) bond motifs is 3. The number of hydrogen-bond donors (Lipinski definition) is 1. The molecule has 0 aliphatic carbocycles. The van der Waals surface area contributed by atoms with Crippen molar-refractivity contribution in [3.05, 3.63) is 81.6 Å². The molecule has 0 amide bonds. The lowest BCUT2D eigenvalue weighted by Crippen LogP contribution is -2.25. The van der Waals surface area contributed by atoms with E-state index in [9.17, 15) is 14.7 Å². The van der Waals surface area contributed by atoms with E-state index in [0.29, 0.717) is 30.2 Å². The topological polar surface area (TPSA) is 77.8 Å². The van der Waals surface area contributed by atoms with Gasteiger partial charge in [-0.05, 0) is 36.1 Å². The zero-order chi connectivity index (χ0) is 21.3. The molecule has 0 fully saturated rings. The Morgan fingerprint density at radius 1 is 1.17 bits per heavy atom. The molecule has 2 heterocycles. The van der Waals surface area contributed by atoms with Gasteiger partial charge in [-0.3, -0.25) is 4.79 Å². The number of nitrogens with zero attached hydrogens (tertiary/aromatic N) is 1. The number of hydrogen-bond acceptors (Lipinski definition) is 4. The molecule has 1 atom stereocenters. The largest absolute Gasteiger partial charge is 0.493 e. The molecule has 1 aromatic heterocycles. The summed E-state index contributed by atoms with van der Waals surface area (Å²) >= 11 is 0. The minimum absolute atomic E-state index is 0.0570. The van der Waals surface area contributed by atoms with Gasteiger partial charge >= 0.3 is 5.97 Å². The van der Waals surface area contributed by atoms with Crippen molar-refractivity contribution < 1.29 is 19.4 Å². The fourth-order valence-corrected chi connectivity index (χ4v) is 3.94. The minimum atomic E-state index is -1.21. The molecule has 0 saturated carbocycles. The molecule has 1 aliphatic rings. The van der Waals surface area contributed by atoms with Gasteiger partial charge in [0, 0.05) is 23.9 Å². The summed E-state index contributed by atoms with van der Waals surface area (Å²) in [5.41, 5.74) is 2.95. The van der Waals surface area contributed by atoms with E-state index >= 15 is 0 Å². The van der Waals surface area contributed by atoms with Crippen molar-refractivity contribution in [3.8, 4) is 22.8 Å². The minimum Gasteiger partial charge on any atom is -0.493 e. The lowest BCUT2D eigenvalue weighted by atomic mass is 9.90. The summed E-state index contributed by atoms with van der Waals surface area (Å²) in [6.45, 7) is 2.47. The van der Waals surface area contributed by atoms with E-state index in [2.05, 4.69) is 0 Å². The summed E-state index contributed by atoms with van der Waals surface area (Å²) in [5.74, 6) is 0.00652. The van der Waals surface area contributed by atoms with Crippen molar-refractivity contribution in [2.75, 3.05) is 7.11 Å². The molecule has 1 aliphatic heterocycles. The Bertz CT molecular complexity index is 1150. The first kappa shape index (κ1) is 19.8. The van der Waals surface area contributed by atoms with E-state index in [4.69, 9.17) is 9.47 Å². The average Bonchev–Trinajstić information content (AvgIpc) is 2.76. The van der Waals surface area contributed by atoms with Gasteiger partial charge in [0.1, 0.15) is 12.2 Å². The van der Waals surface area contributed by atoms with Crippen LogP contribution in [0.2, 0.25) is 0 Å². The second kappa shape index (κ2) is 8.06. The third-order valence-electron chi connectivity index (χ3n) is 5.53. The monoisotopic (exact) mass is 405 g/mol.